The van der Waals surface area contributed by atoms with Gasteiger partial charge in [0.1, 0.15) is 23.7 Å². The Kier molecular flexibility index (Phi) is 7.41. The van der Waals surface area contributed by atoms with Gasteiger partial charge in [-0.05, 0) is 21.6 Å². The predicted molar refractivity (Wildman–Crippen MR) is 124 cm³/mol. The van der Waals surface area contributed by atoms with Gasteiger partial charge in [0.15, 0.2) is 6.10 Å². The van der Waals surface area contributed by atoms with Crippen LogP contribution in [0.5, 0.6) is 0 Å². The van der Waals surface area contributed by atoms with Gasteiger partial charge >= 0.3 is 11.9 Å². The Labute approximate surface area is 214 Å². The van der Waals surface area contributed by atoms with Gasteiger partial charge in [-0.2, -0.15) is 0 Å². The van der Waals surface area contributed by atoms with E-state index in [9.17, 15) is 39.5 Å². The molecule has 1 aromatic carbocycles. The molecule has 37 heavy (non-hydrogen) atoms. The topological polar surface area (TPSA) is 231 Å². The number of aromatic nitrogens is 4. The number of β-lactam (4-membered cyclic amide) rings is 1. The highest BCUT2D eigenvalue weighted by atomic mass is 32.2. The lowest BCUT2D eigenvalue weighted by molar-refractivity contribution is -0.385. The maximum atomic E-state index is 12.8. The molecule has 4 N–H and O–H groups in total. The molecular formula is C19H17N7O9S2. The Hall–Kier alpha value is -4.03. The van der Waals surface area contributed by atoms with Crippen LogP contribution in [0.4, 0.5) is 5.69 Å². The molecule has 1 aromatic heterocycles. The number of aliphatic carboxylic acids is 2. The number of nitrogens with zero attached hydrogens (tertiary/aromatic N) is 6. The van der Waals surface area contributed by atoms with E-state index in [0.29, 0.717) is 5.57 Å². The number of hydrogen-bond donors (Lipinski definition) is 4. The number of carboxylic acid groups (broad SMARTS) is 2. The van der Waals surface area contributed by atoms with Gasteiger partial charge in [-0.1, -0.05) is 23.9 Å². The molecule has 0 spiro atoms. The van der Waals surface area contributed by atoms with Crippen LogP contribution in [0.3, 0.4) is 0 Å². The molecule has 2 aromatic rings. The number of fused-ring (bicyclic) bond motifs is 1. The molecule has 0 saturated carbocycles. The summed E-state index contributed by atoms with van der Waals surface area (Å²) in [6.07, 6.45) is -1.78. The fourth-order valence-corrected chi connectivity index (χ4v) is 6.03. The number of benzene rings is 1. The van der Waals surface area contributed by atoms with Crippen LogP contribution in [-0.2, 0) is 25.7 Å². The number of amides is 2. The molecule has 18 heteroatoms. The summed E-state index contributed by atoms with van der Waals surface area (Å²) >= 11 is 2.20. The number of carboxylic acids is 2. The maximum absolute atomic E-state index is 12.8. The van der Waals surface area contributed by atoms with Crippen LogP contribution in [0.1, 0.15) is 11.7 Å². The van der Waals surface area contributed by atoms with Gasteiger partial charge in [0, 0.05) is 23.6 Å². The third kappa shape index (κ3) is 5.25. The summed E-state index contributed by atoms with van der Waals surface area (Å²) in [4.78, 5) is 59.6. The second kappa shape index (κ2) is 10.5. The second-order valence-electron chi connectivity index (χ2n) is 7.71. The number of tetrazole rings is 1. The number of carbonyl (C=O) groups is 4. The average molecular weight is 552 g/mol. The molecule has 194 valence electrons. The smallest absolute Gasteiger partial charge is 0.352 e. The molecule has 0 radical (unpaired) electrons. The third-order valence-corrected chi connectivity index (χ3v) is 7.74. The fraction of sp³-hybridized carbons (Fsp3) is 0.316. The summed E-state index contributed by atoms with van der Waals surface area (Å²) in [6, 6.07) is 3.75. The van der Waals surface area contributed by atoms with Crippen LogP contribution in [0.15, 0.2) is 40.7 Å². The highest BCUT2D eigenvalue weighted by Gasteiger charge is 2.54. The minimum Gasteiger partial charge on any atom is -0.480 e. The zero-order valence-electron chi connectivity index (χ0n) is 18.5. The molecule has 3 heterocycles. The number of nitrogens with one attached hydrogen (secondary N) is 1. The Morgan fingerprint density at radius 2 is 2.08 bits per heavy atom. The van der Waals surface area contributed by atoms with Crippen molar-refractivity contribution in [3.8, 4) is 0 Å². The van der Waals surface area contributed by atoms with Gasteiger partial charge in [0.2, 0.25) is 5.16 Å². The largest absolute Gasteiger partial charge is 0.480 e. The van der Waals surface area contributed by atoms with Crippen molar-refractivity contribution in [3.63, 3.8) is 0 Å². The van der Waals surface area contributed by atoms with Gasteiger partial charge in [-0.25, -0.2) is 9.48 Å². The van der Waals surface area contributed by atoms with Crippen molar-refractivity contribution < 1.29 is 39.4 Å². The van der Waals surface area contributed by atoms with E-state index < -0.39 is 52.7 Å². The molecule has 4 rings (SSSR count). The van der Waals surface area contributed by atoms with E-state index in [1.807, 2.05) is 0 Å². The number of thioether (sulfide) groups is 2. The van der Waals surface area contributed by atoms with Crippen LogP contribution in [0, 0.1) is 10.1 Å². The number of rotatable bonds is 10. The second-order valence-corrected chi connectivity index (χ2v) is 9.76. The lowest BCUT2D eigenvalue weighted by atomic mass is 10.0. The number of aliphatic hydroxyl groups is 1. The normalized spacial score (nSPS) is 19.6. The first-order valence-corrected chi connectivity index (χ1v) is 12.4. The number of aliphatic hydroxyl groups excluding tert-OH is 1. The summed E-state index contributed by atoms with van der Waals surface area (Å²) in [6.45, 7) is -0.481. The van der Waals surface area contributed by atoms with Crippen molar-refractivity contribution in [2.75, 3.05) is 11.5 Å². The number of non-ortho nitro benzene ring substituents is 1. The number of carbonyl (C=O) groups excluding carboxylic acids is 2. The van der Waals surface area contributed by atoms with Crippen LogP contribution in [0.2, 0.25) is 0 Å². The van der Waals surface area contributed by atoms with E-state index >= 15 is 0 Å². The first kappa shape index (κ1) is 26.0. The summed E-state index contributed by atoms with van der Waals surface area (Å²) in [7, 11) is 0. The van der Waals surface area contributed by atoms with E-state index in [1.165, 1.54) is 30.0 Å². The summed E-state index contributed by atoms with van der Waals surface area (Å²) in [5.74, 6) is -3.94. The van der Waals surface area contributed by atoms with E-state index in [2.05, 4.69) is 20.8 Å². The molecule has 1 unspecified atom stereocenters. The van der Waals surface area contributed by atoms with Gasteiger partial charge in [-0.15, -0.1) is 16.9 Å². The molecule has 3 atom stereocenters. The minimum atomic E-state index is -1.78. The van der Waals surface area contributed by atoms with Gasteiger partial charge in [-0.3, -0.25) is 29.4 Å². The Bertz CT molecular complexity index is 1330. The van der Waals surface area contributed by atoms with Crippen LogP contribution < -0.4 is 5.32 Å². The van der Waals surface area contributed by atoms with Gasteiger partial charge in [0.05, 0.1) is 4.92 Å². The summed E-state index contributed by atoms with van der Waals surface area (Å²) in [5.41, 5.74) is -0.249. The maximum Gasteiger partial charge on any atom is 0.352 e. The van der Waals surface area contributed by atoms with Crippen molar-refractivity contribution in [3.05, 3.63) is 51.2 Å². The standard InChI is InChI=1S/C19H17N7O9S2/c27-11(28)5-24-19(21-22-23-24)37-7-9-6-36-17-12(16(31)25(17)13(9)18(32)33)20-15(30)14(29)8-2-1-3-10(4-8)26(34)35/h1-4,12,14,17,29H,5-7H2,(H,20,30)(H,27,28)(H,32,33)/t12?,14-,17-/m1/s1. The van der Waals surface area contributed by atoms with Gasteiger partial charge in [0.25, 0.3) is 17.5 Å². The fourth-order valence-electron chi connectivity index (χ4n) is 3.67. The van der Waals surface area contributed by atoms with Crippen molar-refractivity contribution in [1.82, 2.24) is 30.4 Å². The minimum absolute atomic E-state index is 0.0395. The quantitative estimate of drug-likeness (QED) is 0.123. The van der Waals surface area contributed by atoms with E-state index in [-0.39, 0.29) is 33.6 Å². The lowest BCUT2D eigenvalue weighted by Gasteiger charge is -2.49. The molecule has 1 saturated heterocycles. The number of nitro groups is 1. The highest BCUT2D eigenvalue weighted by Crippen LogP contribution is 2.41. The summed E-state index contributed by atoms with van der Waals surface area (Å²) in [5, 5.41) is 52.5. The Morgan fingerprint density at radius 1 is 1.32 bits per heavy atom. The molecule has 0 aliphatic carbocycles. The predicted octanol–water partition coefficient (Wildman–Crippen LogP) is -0.770. The van der Waals surface area contributed by atoms with Crippen molar-refractivity contribution in [2.24, 2.45) is 0 Å². The van der Waals surface area contributed by atoms with Crippen molar-refractivity contribution in [2.45, 2.75) is 29.2 Å². The van der Waals surface area contributed by atoms with Crippen molar-refractivity contribution >= 4 is 53.0 Å². The monoisotopic (exact) mass is 551 g/mol. The molecule has 2 amide bonds. The molecule has 2 aliphatic rings. The molecular weight excluding hydrogens is 534 g/mol. The molecule has 0 bridgehead atoms. The lowest BCUT2D eigenvalue weighted by Crippen LogP contribution is -2.70. The SMILES string of the molecule is O=C(O)Cn1nnnc1SCC1=C(C(=O)O)N2C(=O)C(NC(=O)[C@H](O)c3cccc([N+](=O)[O-])c3)[C@H]2SC1. The zero-order chi connectivity index (χ0) is 26.9. The summed E-state index contributed by atoms with van der Waals surface area (Å²) < 4.78 is 1.04. The average Bonchev–Trinajstić information content (AvgIpc) is 3.30. The third-order valence-electron chi connectivity index (χ3n) is 5.35. The molecule has 16 nitrogen and oxygen atoms in total. The Balaban J connectivity index is 1.45. The van der Waals surface area contributed by atoms with E-state index in [0.717, 1.165) is 27.4 Å². The van der Waals surface area contributed by atoms with Crippen LogP contribution >= 0.6 is 23.5 Å². The van der Waals surface area contributed by atoms with E-state index in [1.54, 1.807) is 0 Å². The number of hydrogen-bond acceptors (Lipinski definition) is 12. The molecule has 1 fully saturated rings. The van der Waals surface area contributed by atoms with Crippen molar-refractivity contribution in [1.29, 1.82) is 0 Å². The highest BCUT2D eigenvalue weighted by molar-refractivity contribution is 8.01. The van der Waals surface area contributed by atoms with Crippen LogP contribution in [0.25, 0.3) is 0 Å². The molecule has 2 aliphatic heterocycles. The first-order chi connectivity index (χ1) is 17.6. The zero-order valence-corrected chi connectivity index (χ0v) is 20.1. The number of nitro benzene ring substituents is 1. The van der Waals surface area contributed by atoms with E-state index in [4.69, 9.17) is 5.11 Å². The Morgan fingerprint density at radius 3 is 2.76 bits per heavy atom. The van der Waals surface area contributed by atoms with Crippen LogP contribution in [-0.4, -0.2) is 92.0 Å². The van der Waals surface area contributed by atoms with Gasteiger partial charge < -0.3 is 20.6 Å². The first-order valence-electron chi connectivity index (χ1n) is 10.3.